The number of amides is 1. The van der Waals surface area contributed by atoms with E-state index in [4.69, 9.17) is 16.3 Å². The maximum atomic E-state index is 13.3. The maximum absolute atomic E-state index is 13.3. The molecule has 1 saturated heterocycles. The minimum Gasteiger partial charge on any atom is -0.378 e. The minimum absolute atomic E-state index is 0.0620. The summed E-state index contributed by atoms with van der Waals surface area (Å²) in [6.45, 7) is 4.82. The topological polar surface area (TPSA) is 79.4 Å². The molecule has 9 heteroatoms. The van der Waals surface area contributed by atoms with Crippen LogP contribution in [-0.4, -0.2) is 42.2 Å². The largest absolute Gasteiger partial charge is 0.378 e. The van der Waals surface area contributed by atoms with Crippen LogP contribution in [0.25, 0.3) is 0 Å². The van der Waals surface area contributed by atoms with Gasteiger partial charge < -0.3 is 20.3 Å². The summed E-state index contributed by atoms with van der Waals surface area (Å²) in [6, 6.07) is 13.8. The molecule has 2 heterocycles. The number of carbonyl (C=O) groups is 1. The molecule has 2 N–H and O–H groups in total. The normalized spacial score (nSPS) is 13.6. The Hall–Kier alpha value is -3.23. The molecule has 1 aliphatic rings. The lowest BCUT2D eigenvalue weighted by Crippen LogP contribution is -2.37. The van der Waals surface area contributed by atoms with Gasteiger partial charge in [0.2, 0.25) is 11.9 Å². The number of halogens is 2. The Kier molecular flexibility index (Phi) is 7.36. The molecule has 0 unspecified atom stereocenters. The Morgan fingerprint density at radius 3 is 2.55 bits per heavy atom. The minimum atomic E-state index is -0.465. The zero-order valence-corrected chi connectivity index (χ0v) is 19.0. The summed E-state index contributed by atoms with van der Waals surface area (Å²) in [5.41, 5.74) is 3.23. The molecular formula is C24H25ClFN5O2. The van der Waals surface area contributed by atoms with Crippen molar-refractivity contribution in [2.24, 2.45) is 0 Å². The van der Waals surface area contributed by atoms with E-state index < -0.39 is 5.82 Å². The third-order valence-corrected chi connectivity index (χ3v) is 5.49. The molecule has 1 amide bonds. The lowest BCUT2D eigenvalue weighted by atomic mass is 10.1. The van der Waals surface area contributed by atoms with Gasteiger partial charge in [-0.05, 0) is 55.3 Å². The summed E-state index contributed by atoms with van der Waals surface area (Å²) in [5.74, 6) is 0.802. The fraction of sp³-hybridized carbons (Fsp3) is 0.292. The van der Waals surface area contributed by atoms with Crippen molar-refractivity contribution in [2.75, 3.05) is 41.8 Å². The number of nitrogens with one attached hydrogen (secondary N) is 2. The van der Waals surface area contributed by atoms with E-state index in [1.807, 2.05) is 37.3 Å². The molecule has 1 aliphatic heterocycles. The van der Waals surface area contributed by atoms with Crippen molar-refractivity contribution in [2.45, 2.75) is 19.8 Å². The highest BCUT2D eigenvalue weighted by Crippen LogP contribution is 2.21. The van der Waals surface area contributed by atoms with Crippen molar-refractivity contribution in [3.63, 3.8) is 0 Å². The Labute approximate surface area is 197 Å². The second kappa shape index (κ2) is 10.6. The van der Waals surface area contributed by atoms with Gasteiger partial charge in [0.25, 0.3) is 0 Å². The highest BCUT2D eigenvalue weighted by molar-refractivity contribution is 6.30. The van der Waals surface area contributed by atoms with Gasteiger partial charge in [0.1, 0.15) is 11.6 Å². The molecule has 1 aromatic heterocycles. The first-order valence-corrected chi connectivity index (χ1v) is 11.1. The quantitative estimate of drug-likeness (QED) is 0.521. The van der Waals surface area contributed by atoms with E-state index in [1.54, 1.807) is 12.1 Å². The van der Waals surface area contributed by atoms with Crippen LogP contribution in [-0.2, 0) is 16.0 Å². The van der Waals surface area contributed by atoms with Crippen LogP contribution in [0.5, 0.6) is 0 Å². The van der Waals surface area contributed by atoms with Crippen LogP contribution in [0.4, 0.5) is 27.5 Å². The molecule has 0 saturated carbocycles. The van der Waals surface area contributed by atoms with Gasteiger partial charge in [-0.1, -0.05) is 17.7 Å². The van der Waals surface area contributed by atoms with Crippen molar-refractivity contribution in [1.82, 2.24) is 9.97 Å². The van der Waals surface area contributed by atoms with E-state index >= 15 is 0 Å². The summed E-state index contributed by atoms with van der Waals surface area (Å²) < 4.78 is 18.7. The number of rotatable bonds is 7. The van der Waals surface area contributed by atoms with Crippen LogP contribution in [0.15, 0.2) is 48.5 Å². The van der Waals surface area contributed by atoms with E-state index in [2.05, 4.69) is 25.5 Å². The number of morpholine rings is 1. The third-order valence-electron chi connectivity index (χ3n) is 5.20. The van der Waals surface area contributed by atoms with Gasteiger partial charge in [-0.2, -0.15) is 4.98 Å². The molecule has 0 aliphatic carbocycles. The van der Waals surface area contributed by atoms with Gasteiger partial charge in [0.05, 0.1) is 18.2 Å². The van der Waals surface area contributed by atoms with Crippen molar-refractivity contribution in [1.29, 1.82) is 0 Å². The first kappa shape index (κ1) is 22.9. The summed E-state index contributed by atoms with van der Waals surface area (Å²) in [5, 5.41) is 6.23. The summed E-state index contributed by atoms with van der Waals surface area (Å²) in [7, 11) is 0. The first-order valence-electron chi connectivity index (χ1n) is 10.8. The summed E-state index contributed by atoms with van der Waals surface area (Å²) in [6.07, 6.45) is 0.747. The van der Waals surface area contributed by atoms with Crippen molar-refractivity contribution >= 4 is 40.6 Å². The van der Waals surface area contributed by atoms with Gasteiger partial charge in [-0.3, -0.25) is 4.79 Å². The molecule has 7 nitrogen and oxygen atoms in total. The maximum Gasteiger partial charge on any atom is 0.227 e. The van der Waals surface area contributed by atoms with Crippen LogP contribution < -0.4 is 15.5 Å². The van der Waals surface area contributed by atoms with E-state index in [0.29, 0.717) is 37.1 Å². The van der Waals surface area contributed by atoms with Gasteiger partial charge in [-0.25, -0.2) is 9.37 Å². The number of ether oxygens (including phenoxy) is 1. The second-order valence-electron chi connectivity index (χ2n) is 7.79. The highest BCUT2D eigenvalue weighted by atomic mass is 35.5. The monoisotopic (exact) mass is 469 g/mol. The molecule has 0 bridgehead atoms. The highest BCUT2D eigenvalue weighted by Gasteiger charge is 2.15. The Bertz CT molecular complexity index is 1120. The summed E-state index contributed by atoms with van der Waals surface area (Å²) in [4.78, 5) is 23.6. The van der Waals surface area contributed by atoms with E-state index in [9.17, 15) is 9.18 Å². The molecule has 0 spiro atoms. The Morgan fingerprint density at radius 1 is 1.09 bits per heavy atom. The van der Waals surface area contributed by atoms with Gasteiger partial charge in [-0.15, -0.1) is 0 Å². The molecule has 4 rings (SSSR count). The van der Waals surface area contributed by atoms with Crippen molar-refractivity contribution in [3.05, 3.63) is 70.6 Å². The lowest BCUT2D eigenvalue weighted by Gasteiger charge is -2.27. The standard InChI is InChI=1S/C24H25ClFN5O2/c1-16-14-22(30-24(27-16)31-10-12-33-13-11-31)28-18-4-6-19(7-5-18)29-23(32)9-3-17-2-8-21(26)20(25)15-17/h2,4-8,14-15H,3,9-13H2,1H3,(H,29,32)(H,27,28,30). The SMILES string of the molecule is Cc1cc(Nc2ccc(NC(=O)CCc3ccc(F)c(Cl)c3)cc2)nc(N2CCOCC2)n1. The average molecular weight is 470 g/mol. The van der Waals surface area contributed by atoms with Crippen LogP contribution in [0.1, 0.15) is 17.7 Å². The Balaban J connectivity index is 1.33. The van der Waals surface area contributed by atoms with Crippen molar-refractivity contribution < 1.29 is 13.9 Å². The fourth-order valence-corrected chi connectivity index (χ4v) is 3.69. The molecule has 172 valence electrons. The smallest absolute Gasteiger partial charge is 0.227 e. The molecule has 3 aromatic rings. The van der Waals surface area contributed by atoms with E-state index in [1.165, 1.54) is 6.07 Å². The zero-order valence-electron chi connectivity index (χ0n) is 18.3. The average Bonchev–Trinajstić information content (AvgIpc) is 2.81. The Morgan fingerprint density at radius 2 is 1.82 bits per heavy atom. The van der Waals surface area contributed by atoms with Crippen LogP contribution >= 0.6 is 11.6 Å². The number of anilines is 4. The van der Waals surface area contributed by atoms with Gasteiger partial charge in [0, 0.05) is 42.6 Å². The van der Waals surface area contributed by atoms with E-state index in [-0.39, 0.29) is 17.4 Å². The first-order chi connectivity index (χ1) is 16.0. The zero-order chi connectivity index (χ0) is 23.2. The molecular weight excluding hydrogens is 445 g/mol. The van der Waals surface area contributed by atoms with Gasteiger partial charge >= 0.3 is 0 Å². The van der Waals surface area contributed by atoms with Crippen LogP contribution in [0.3, 0.4) is 0 Å². The number of aromatic nitrogens is 2. The number of nitrogens with zero attached hydrogens (tertiary/aromatic N) is 3. The number of benzene rings is 2. The molecule has 2 aromatic carbocycles. The van der Waals surface area contributed by atoms with Crippen molar-refractivity contribution in [3.8, 4) is 0 Å². The molecule has 0 atom stereocenters. The molecule has 1 fully saturated rings. The number of hydrogen-bond donors (Lipinski definition) is 2. The lowest BCUT2D eigenvalue weighted by molar-refractivity contribution is -0.116. The third kappa shape index (κ3) is 6.40. The summed E-state index contributed by atoms with van der Waals surface area (Å²) >= 11 is 5.79. The second-order valence-corrected chi connectivity index (χ2v) is 8.20. The van der Waals surface area contributed by atoms with E-state index in [0.717, 1.165) is 30.0 Å². The number of hydrogen-bond acceptors (Lipinski definition) is 6. The predicted octanol–water partition coefficient (Wildman–Crippen LogP) is 4.73. The molecule has 0 radical (unpaired) electrons. The predicted molar refractivity (Wildman–Crippen MR) is 128 cm³/mol. The van der Waals surface area contributed by atoms with Gasteiger partial charge in [0.15, 0.2) is 0 Å². The van der Waals surface area contributed by atoms with Crippen LogP contribution in [0, 0.1) is 12.7 Å². The van der Waals surface area contributed by atoms with Crippen LogP contribution in [0.2, 0.25) is 5.02 Å². The molecule has 33 heavy (non-hydrogen) atoms. The number of carbonyl (C=O) groups excluding carboxylic acids is 1. The number of aryl methyl sites for hydroxylation is 2. The fourth-order valence-electron chi connectivity index (χ4n) is 3.48.